The van der Waals surface area contributed by atoms with Crippen molar-refractivity contribution >= 4 is 5.69 Å². The van der Waals surface area contributed by atoms with E-state index in [9.17, 15) is 13.2 Å². The Morgan fingerprint density at radius 2 is 1.54 bits per heavy atom. The Morgan fingerprint density at radius 3 is 2.31 bits per heavy atom. The number of anilines is 1. The lowest BCUT2D eigenvalue weighted by molar-refractivity contribution is -0.137. The highest BCUT2D eigenvalue weighted by atomic mass is 19.4. The van der Waals surface area contributed by atoms with Gasteiger partial charge in [0.25, 0.3) is 0 Å². The van der Waals surface area contributed by atoms with Crippen LogP contribution in [0.3, 0.4) is 0 Å². The second-order valence-electron chi connectivity index (χ2n) is 8.63. The highest BCUT2D eigenvalue weighted by Crippen LogP contribution is 2.56. The van der Waals surface area contributed by atoms with Gasteiger partial charge in [-0.25, -0.2) is 0 Å². The molecule has 35 heavy (non-hydrogen) atoms. The second kappa shape index (κ2) is 7.78. The molecular formula is C28H20F3NO3. The van der Waals surface area contributed by atoms with Gasteiger partial charge in [0.05, 0.1) is 12.2 Å². The van der Waals surface area contributed by atoms with E-state index >= 15 is 0 Å². The van der Waals surface area contributed by atoms with E-state index in [-0.39, 0.29) is 6.61 Å². The molecule has 4 aromatic rings. The van der Waals surface area contributed by atoms with Gasteiger partial charge in [0.2, 0.25) is 0 Å². The summed E-state index contributed by atoms with van der Waals surface area (Å²) in [7, 11) is 0. The lowest BCUT2D eigenvalue weighted by Crippen LogP contribution is -2.32. The van der Waals surface area contributed by atoms with Crippen LogP contribution < -0.4 is 15.2 Å². The monoisotopic (exact) mass is 475 g/mol. The first-order valence-corrected chi connectivity index (χ1v) is 11.1. The molecule has 2 aliphatic rings. The average Bonchev–Trinajstić information content (AvgIpc) is 3.22. The molecule has 2 aliphatic heterocycles. The van der Waals surface area contributed by atoms with Crippen molar-refractivity contribution in [3.8, 4) is 17.2 Å². The van der Waals surface area contributed by atoms with E-state index in [4.69, 9.17) is 19.9 Å². The Balaban J connectivity index is 1.35. The van der Waals surface area contributed by atoms with Crippen molar-refractivity contribution in [2.75, 3.05) is 5.73 Å². The molecule has 7 heteroatoms. The summed E-state index contributed by atoms with van der Waals surface area (Å²) in [5.74, 6) is 1.70. The van der Waals surface area contributed by atoms with Gasteiger partial charge in [-0.15, -0.1) is 0 Å². The minimum absolute atomic E-state index is 0.116. The van der Waals surface area contributed by atoms with Crippen LogP contribution in [-0.2, 0) is 29.7 Å². The van der Waals surface area contributed by atoms with E-state index in [1.165, 1.54) is 12.1 Å². The van der Waals surface area contributed by atoms with Crippen molar-refractivity contribution in [2.45, 2.75) is 25.0 Å². The lowest BCUT2D eigenvalue weighted by atomic mass is 9.77. The molecule has 0 aromatic heterocycles. The number of hydrogen-bond acceptors (Lipinski definition) is 4. The second-order valence-corrected chi connectivity index (χ2v) is 8.63. The Hall–Kier alpha value is -3.97. The van der Waals surface area contributed by atoms with Crippen LogP contribution in [0.1, 0.15) is 33.4 Å². The number of fused-ring (bicyclic) bond motifs is 6. The van der Waals surface area contributed by atoms with Gasteiger partial charge in [-0.3, -0.25) is 0 Å². The number of hydrogen-bond donors (Lipinski definition) is 1. The van der Waals surface area contributed by atoms with Crippen LogP contribution in [0.2, 0.25) is 0 Å². The molecule has 0 fully saturated rings. The number of halogens is 3. The molecule has 0 bridgehead atoms. The molecule has 2 N–H and O–H groups in total. The summed E-state index contributed by atoms with van der Waals surface area (Å²) < 4.78 is 57.1. The summed E-state index contributed by atoms with van der Waals surface area (Å²) in [5, 5.41) is 0. The van der Waals surface area contributed by atoms with Crippen LogP contribution in [-0.4, -0.2) is 0 Å². The van der Waals surface area contributed by atoms with Crippen LogP contribution in [0.5, 0.6) is 17.2 Å². The van der Waals surface area contributed by atoms with Crippen LogP contribution >= 0.6 is 0 Å². The molecular weight excluding hydrogens is 455 g/mol. The average molecular weight is 475 g/mol. The smallest absolute Gasteiger partial charge is 0.416 e. The van der Waals surface area contributed by atoms with E-state index in [1.807, 2.05) is 36.4 Å². The van der Waals surface area contributed by atoms with Gasteiger partial charge < -0.3 is 19.9 Å². The lowest BCUT2D eigenvalue weighted by Gasteiger charge is -2.37. The molecule has 4 aromatic carbocycles. The molecule has 0 amide bonds. The fourth-order valence-electron chi connectivity index (χ4n) is 4.80. The zero-order valence-corrected chi connectivity index (χ0v) is 18.4. The maximum absolute atomic E-state index is 12.8. The van der Waals surface area contributed by atoms with E-state index < -0.39 is 17.3 Å². The number of benzene rings is 4. The zero-order chi connectivity index (χ0) is 24.2. The molecule has 0 saturated carbocycles. The number of nitrogen functional groups attached to an aromatic ring is 1. The fourth-order valence-corrected chi connectivity index (χ4v) is 4.80. The van der Waals surface area contributed by atoms with Gasteiger partial charge in [-0.05, 0) is 53.1 Å². The zero-order valence-electron chi connectivity index (χ0n) is 18.4. The molecule has 2 heterocycles. The van der Waals surface area contributed by atoms with E-state index in [1.54, 1.807) is 12.1 Å². The minimum Gasteiger partial charge on any atom is -0.489 e. The van der Waals surface area contributed by atoms with Gasteiger partial charge in [-0.2, -0.15) is 13.2 Å². The molecule has 1 atom stereocenters. The normalized spacial score (nSPS) is 17.9. The van der Waals surface area contributed by atoms with Gasteiger partial charge >= 0.3 is 6.18 Å². The predicted octanol–water partition coefficient (Wildman–Crippen LogP) is 6.79. The van der Waals surface area contributed by atoms with Crippen LogP contribution in [0, 0.1) is 0 Å². The molecule has 4 nitrogen and oxygen atoms in total. The van der Waals surface area contributed by atoms with Crippen LogP contribution in [0.4, 0.5) is 18.9 Å². The molecule has 176 valence electrons. The Bertz CT molecular complexity index is 1430. The number of alkyl halides is 3. The van der Waals surface area contributed by atoms with E-state index in [2.05, 4.69) is 12.1 Å². The third-order valence-electron chi connectivity index (χ3n) is 6.46. The predicted molar refractivity (Wildman–Crippen MR) is 124 cm³/mol. The van der Waals surface area contributed by atoms with Crippen LogP contribution in [0.25, 0.3) is 0 Å². The molecule has 0 aliphatic carbocycles. The highest BCUT2D eigenvalue weighted by Gasteiger charge is 2.49. The van der Waals surface area contributed by atoms with E-state index in [0.29, 0.717) is 35.1 Å². The highest BCUT2D eigenvalue weighted by molar-refractivity contribution is 5.66. The summed E-state index contributed by atoms with van der Waals surface area (Å²) in [6.45, 7) is 0.580. The third kappa shape index (κ3) is 3.51. The summed E-state index contributed by atoms with van der Waals surface area (Å²) in [5.41, 5.74) is 9.60. The van der Waals surface area contributed by atoms with Crippen molar-refractivity contribution in [1.29, 1.82) is 0 Å². The number of rotatable bonds is 3. The fraction of sp³-hybridized carbons (Fsp3) is 0.143. The first-order valence-electron chi connectivity index (χ1n) is 11.1. The van der Waals surface area contributed by atoms with Crippen molar-refractivity contribution < 1.29 is 27.4 Å². The Kier molecular flexibility index (Phi) is 4.79. The summed E-state index contributed by atoms with van der Waals surface area (Å²) in [4.78, 5) is 0. The van der Waals surface area contributed by atoms with Crippen molar-refractivity contribution in [3.63, 3.8) is 0 Å². The topological polar surface area (TPSA) is 53.7 Å². The first kappa shape index (κ1) is 21.6. The third-order valence-corrected chi connectivity index (χ3v) is 6.46. The van der Waals surface area contributed by atoms with Gasteiger partial charge in [0.1, 0.15) is 23.9 Å². The molecule has 1 unspecified atom stereocenters. The molecule has 1 spiro atoms. The minimum atomic E-state index is -4.37. The van der Waals surface area contributed by atoms with Gasteiger partial charge in [-0.1, -0.05) is 36.4 Å². The molecule has 0 radical (unpaired) electrons. The summed E-state index contributed by atoms with van der Waals surface area (Å²) in [6, 6.07) is 24.1. The number of ether oxygens (including phenoxy) is 3. The standard InChI is InChI=1S/C28H20F3NO3/c29-28(30,31)19-7-5-17(6-8-19)15-33-21-10-12-24-26(14-21)35-25-13-20(32)9-11-23(25)27(24)22-4-2-1-3-18(22)16-34-27/h1-14H,15-16,32H2. The van der Waals surface area contributed by atoms with Crippen LogP contribution in [0.15, 0.2) is 84.9 Å². The Labute approximate surface area is 199 Å². The van der Waals surface area contributed by atoms with Crippen molar-refractivity contribution in [1.82, 2.24) is 0 Å². The Morgan fingerprint density at radius 1 is 0.829 bits per heavy atom. The maximum Gasteiger partial charge on any atom is 0.416 e. The van der Waals surface area contributed by atoms with Crippen molar-refractivity contribution in [2.24, 2.45) is 0 Å². The number of nitrogens with two attached hydrogens (primary N) is 1. The quantitative estimate of drug-likeness (QED) is 0.331. The summed E-state index contributed by atoms with van der Waals surface area (Å²) >= 11 is 0. The van der Waals surface area contributed by atoms with Gasteiger partial charge in [0.15, 0.2) is 5.60 Å². The molecule has 6 rings (SSSR count). The van der Waals surface area contributed by atoms with Gasteiger partial charge in [0, 0.05) is 28.9 Å². The summed E-state index contributed by atoms with van der Waals surface area (Å²) in [6.07, 6.45) is -4.37. The molecule has 0 saturated heterocycles. The first-order chi connectivity index (χ1) is 16.8. The largest absolute Gasteiger partial charge is 0.489 e. The van der Waals surface area contributed by atoms with E-state index in [0.717, 1.165) is 34.4 Å². The maximum atomic E-state index is 12.8. The van der Waals surface area contributed by atoms with Crippen molar-refractivity contribution in [3.05, 3.63) is 118 Å². The SMILES string of the molecule is Nc1ccc2c(c1)Oc1cc(OCc3ccc(C(F)(F)F)cc3)ccc1C21OCc2ccccc21.